The number of amides is 1. The lowest BCUT2D eigenvalue weighted by atomic mass is 10.2. The summed E-state index contributed by atoms with van der Waals surface area (Å²) in [6, 6.07) is 13.1. The second-order valence-electron chi connectivity index (χ2n) is 6.46. The summed E-state index contributed by atoms with van der Waals surface area (Å²) in [6.07, 6.45) is 2.26. The summed E-state index contributed by atoms with van der Waals surface area (Å²) in [7, 11) is 0. The zero-order chi connectivity index (χ0) is 19.8. The van der Waals surface area contributed by atoms with Gasteiger partial charge in [-0.25, -0.2) is 0 Å². The van der Waals surface area contributed by atoms with Crippen LogP contribution in [0.5, 0.6) is 5.75 Å². The van der Waals surface area contributed by atoms with Crippen LogP contribution in [-0.4, -0.2) is 43.2 Å². The number of nitro benzene ring substituents is 1. The fourth-order valence-electron chi connectivity index (χ4n) is 2.85. The Morgan fingerprint density at radius 2 is 1.89 bits per heavy atom. The second-order valence-corrected chi connectivity index (χ2v) is 6.46. The molecule has 1 atom stereocenters. The summed E-state index contributed by atoms with van der Waals surface area (Å²) in [6.45, 7) is 2.26. The SMILES string of the molecule is O=C(NCCNc1ccc([N+](=O)[O-])cc1)c1ccc(OCC2CCCO2)cc1. The Morgan fingerprint density at radius 1 is 1.14 bits per heavy atom. The molecule has 0 aromatic heterocycles. The molecule has 1 aliphatic rings. The molecule has 0 bridgehead atoms. The van der Waals surface area contributed by atoms with Crippen LogP contribution in [-0.2, 0) is 4.74 Å². The number of nitrogens with zero attached hydrogens (tertiary/aromatic N) is 1. The quantitative estimate of drug-likeness (QED) is 0.391. The maximum atomic E-state index is 12.2. The molecule has 8 nitrogen and oxygen atoms in total. The Bertz CT molecular complexity index is 786. The number of carbonyl (C=O) groups excluding carboxylic acids is 1. The number of benzene rings is 2. The van der Waals surface area contributed by atoms with Gasteiger partial charge in [-0.05, 0) is 49.2 Å². The Morgan fingerprint density at radius 3 is 2.54 bits per heavy atom. The fourth-order valence-corrected chi connectivity index (χ4v) is 2.85. The van der Waals surface area contributed by atoms with Crippen LogP contribution in [0.2, 0.25) is 0 Å². The van der Waals surface area contributed by atoms with Gasteiger partial charge in [0.25, 0.3) is 11.6 Å². The average Bonchev–Trinajstić information content (AvgIpc) is 3.24. The van der Waals surface area contributed by atoms with E-state index in [0.29, 0.717) is 31.0 Å². The standard InChI is InChI=1S/C20H23N3O5/c24-20(22-12-11-21-16-5-7-17(8-6-16)23(25)26)15-3-9-18(10-4-15)28-14-19-2-1-13-27-19/h3-10,19,21H,1-2,11-14H2,(H,22,24). The minimum atomic E-state index is -0.442. The van der Waals surface area contributed by atoms with E-state index in [1.54, 1.807) is 36.4 Å². The summed E-state index contributed by atoms with van der Waals surface area (Å²) in [5.41, 5.74) is 1.36. The fraction of sp³-hybridized carbons (Fsp3) is 0.350. The van der Waals surface area contributed by atoms with Crippen LogP contribution in [0.25, 0.3) is 0 Å². The minimum absolute atomic E-state index is 0.0436. The summed E-state index contributed by atoms with van der Waals surface area (Å²) < 4.78 is 11.2. The third-order valence-corrected chi connectivity index (χ3v) is 4.39. The zero-order valence-electron chi connectivity index (χ0n) is 15.4. The Balaban J connectivity index is 1.37. The van der Waals surface area contributed by atoms with E-state index in [1.807, 2.05) is 0 Å². The van der Waals surface area contributed by atoms with E-state index in [-0.39, 0.29) is 17.7 Å². The van der Waals surface area contributed by atoms with Crippen molar-refractivity contribution in [3.05, 3.63) is 64.2 Å². The molecule has 3 rings (SSSR count). The van der Waals surface area contributed by atoms with Crippen molar-refractivity contribution in [2.24, 2.45) is 0 Å². The summed E-state index contributed by atoms with van der Waals surface area (Å²) >= 11 is 0. The van der Waals surface area contributed by atoms with E-state index in [0.717, 1.165) is 25.1 Å². The third kappa shape index (κ3) is 5.68. The normalized spacial score (nSPS) is 15.8. The van der Waals surface area contributed by atoms with E-state index < -0.39 is 4.92 Å². The minimum Gasteiger partial charge on any atom is -0.491 e. The smallest absolute Gasteiger partial charge is 0.269 e. The van der Waals surface area contributed by atoms with Gasteiger partial charge >= 0.3 is 0 Å². The number of rotatable bonds is 9. The van der Waals surface area contributed by atoms with Gasteiger partial charge in [0.1, 0.15) is 12.4 Å². The molecule has 1 unspecified atom stereocenters. The van der Waals surface area contributed by atoms with Crippen LogP contribution in [0.1, 0.15) is 23.2 Å². The van der Waals surface area contributed by atoms with Crippen LogP contribution >= 0.6 is 0 Å². The summed E-state index contributed by atoms with van der Waals surface area (Å²) in [5, 5.41) is 16.5. The molecule has 8 heteroatoms. The number of ether oxygens (including phenoxy) is 2. The average molecular weight is 385 g/mol. The van der Waals surface area contributed by atoms with Crippen molar-refractivity contribution in [2.75, 3.05) is 31.6 Å². The third-order valence-electron chi connectivity index (χ3n) is 4.39. The zero-order valence-corrected chi connectivity index (χ0v) is 15.4. The maximum Gasteiger partial charge on any atom is 0.269 e. The van der Waals surface area contributed by atoms with Gasteiger partial charge in [-0.3, -0.25) is 14.9 Å². The van der Waals surface area contributed by atoms with Crippen molar-refractivity contribution in [3.63, 3.8) is 0 Å². The molecule has 1 fully saturated rings. The van der Waals surface area contributed by atoms with Gasteiger partial charge < -0.3 is 20.1 Å². The van der Waals surface area contributed by atoms with Gasteiger partial charge in [-0.2, -0.15) is 0 Å². The highest BCUT2D eigenvalue weighted by molar-refractivity contribution is 5.94. The number of hydrogen-bond acceptors (Lipinski definition) is 6. The Kier molecular flexibility index (Phi) is 6.80. The van der Waals surface area contributed by atoms with E-state index in [2.05, 4.69) is 10.6 Å². The lowest BCUT2D eigenvalue weighted by Crippen LogP contribution is -2.28. The first-order valence-electron chi connectivity index (χ1n) is 9.23. The molecule has 1 heterocycles. The van der Waals surface area contributed by atoms with Crippen LogP contribution in [0.3, 0.4) is 0 Å². The predicted molar refractivity (Wildman–Crippen MR) is 105 cm³/mol. The number of non-ortho nitro benzene ring substituents is 1. The van der Waals surface area contributed by atoms with Gasteiger partial charge in [0, 0.05) is 43.1 Å². The molecule has 0 radical (unpaired) electrons. The number of hydrogen-bond donors (Lipinski definition) is 2. The number of nitrogens with one attached hydrogen (secondary N) is 2. The van der Waals surface area contributed by atoms with Crippen molar-refractivity contribution in [3.8, 4) is 5.75 Å². The topological polar surface area (TPSA) is 103 Å². The van der Waals surface area contributed by atoms with E-state index in [4.69, 9.17) is 9.47 Å². The maximum absolute atomic E-state index is 12.2. The molecule has 0 aliphatic carbocycles. The van der Waals surface area contributed by atoms with Crippen molar-refractivity contribution in [1.82, 2.24) is 5.32 Å². The van der Waals surface area contributed by atoms with Crippen LogP contribution in [0, 0.1) is 10.1 Å². The molecule has 2 N–H and O–H groups in total. The largest absolute Gasteiger partial charge is 0.491 e. The number of nitro groups is 1. The van der Waals surface area contributed by atoms with Crippen LogP contribution in [0.15, 0.2) is 48.5 Å². The highest BCUT2D eigenvalue weighted by Gasteiger charge is 2.16. The number of anilines is 1. The predicted octanol–water partition coefficient (Wildman–Crippen LogP) is 2.99. The first kappa shape index (κ1) is 19.6. The van der Waals surface area contributed by atoms with Gasteiger partial charge in [0.05, 0.1) is 11.0 Å². The van der Waals surface area contributed by atoms with Crippen molar-refractivity contribution in [1.29, 1.82) is 0 Å². The van der Waals surface area contributed by atoms with E-state index in [1.165, 1.54) is 12.1 Å². The monoisotopic (exact) mass is 385 g/mol. The Labute approximate surface area is 163 Å². The molecular formula is C20H23N3O5. The first-order chi connectivity index (χ1) is 13.6. The van der Waals surface area contributed by atoms with Crippen molar-refractivity contribution >= 4 is 17.3 Å². The summed E-state index contributed by atoms with van der Waals surface area (Å²) in [4.78, 5) is 22.4. The van der Waals surface area contributed by atoms with Gasteiger partial charge in [-0.15, -0.1) is 0 Å². The number of carbonyl (C=O) groups is 1. The highest BCUT2D eigenvalue weighted by atomic mass is 16.6. The molecule has 0 spiro atoms. The lowest BCUT2D eigenvalue weighted by Gasteiger charge is -2.12. The molecule has 28 heavy (non-hydrogen) atoms. The van der Waals surface area contributed by atoms with Crippen LogP contribution in [0.4, 0.5) is 11.4 Å². The van der Waals surface area contributed by atoms with Gasteiger partial charge in [-0.1, -0.05) is 0 Å². The molecule has 0 saturated carbocycles. The molecule has 148 valence electrons. The molecule has 1 saturated heterocycles. The molecular weight excluding hydrogens is 362 g/mol. The second kappa shape index (κ2) is 9.70. The summed E-state index contributed by atoms with van der Waals surface area (Å²) in [5.74, 6) is 0.545. The Hall–Kier alpha value is -3.13. The van der Waals surface area contributed by atoms with Gasteiger partial charge in [0.2, 0.25) is 0 Å². The van der Waals surface area contributed by atoms with Crippen molar-refractivity contribution in [2.45, 2.75) is 18.9 Å². The molecule has 1 amide bonds. The molecule has 2 aromatic carbocycles. The highest BCUT2D eigenvalue weighted by Crippen LogP contribution is 2.17. The lowest BCUT2D eigenvalue weighted by molar-refractivity contribution is -0.384. The van der Waals surface area contributed by atoms with E-state index >= 15 is 0 Å². The molecule has 1 aliphatic heterocycles. The van der Waals surface area contributed by atoms with E-state index in [9.17, 15) is 14.9 Å². The van der Waals surface area contributed by atoms with Gasteiger partial charge in [0.15, 0.2) is 0 Å². The molecule has 2 aromatic rings. The van der Waals surface area contributed by atoms with Crippen LogP contribution < -0.4 is 15.4 Å². The van der Waals surface area contributed by atoms with Crippen molar-refractivity contribution < 1.29 is 19.2 Å². The first-order valence-corrected chi connectivity index (χ1v) is 9.23.